The standard InChI is InChI=1S/C10H11N3O2S/c1-6-4-7(14)5-8(15)9(6)12-13-10-11-2-3-16-10/h4-5,14-15H,2-3H2,1H3. The molecule has 0 radical (unpaired) electrons. The van der Waals surface area contributed by atoms with E-state index >= 15 is 0 Å². The fraction of sp³-hybridized carbons (Fsp3) is 0.300. The van der Waals surface area contributed by atoms with Gasteiger partial charge in [-0.2, -0.15) is 0 Å². The maximum Gasteiger partial charge on any atom is 0.204 e. The number of rotatable bonds is 1. The fourth-order valence-electron chi connectivity index (χ4n) is 1.35. The Morgan fingerprint density at radius 3 is 2.75 bits per heavy atom. The Hall–Kier alpha value is -1.56. The van der Waals surface area contributed by atoms with Gasteiger partial charge in [0.25, 0.3) is 0 Å². The molecule has 0 amide bonds. The molecule has 1 aliphatic heterocycles. The number of hydrogen-bond donors (Lipinski definition) is 2. The number of nitrogens with zero attached hydrogens (tertiary/aromatic N) is 3. The van der Waals surface area contributed by atoms with Crippen molar-refractivity contribution in [2.75, 3.05) is 12.3 Å². The first kappa shape index (κ1) is 10.9. The fourth-order valence-corrected chi connectivity index (χ4v) is 2.00. The van der Waals surface area contributed by atoms with Crippen LogP contribution >= 0.6 is 11.8 Å². The first-order chi connectivity index (χ1) is 7.66. The van der Waals surface area contributed by atoms with Crippen molar-refractivity contribution in [1.82, 2.24) is 0 Å². The van der Waals surface area contributed by atoms with Gasteiger partial charge in [0.1, 0.15) is 17.2 Å². The zero-order valence-electron chi connectivity index (χ0n) is 8.71. The van der Waals surface area contributed by atoms with E-state index in [-0.39, 0.29) is 11.5 Å². The molecule has 1 aromatic carbocycles. The van der Waals surface area contributed by atoms with E-state index < -0.39 is 0 Å². The lowest BCUT2D eigenvalue weighted by atomic mass is 10.2. The Balaban J connectivity index is 2.27. The summed E-state index contributed by atoms with van der Waals surface area (Å²) < 4.78 is 0. The van der Waals surface area contributed by atoms with Crippen LogP contribution in [0.4, 0.5) is 5.69 Å². The predicted octanol–water partition coefficient (Wildman–Crippen LogP) is 2.59. The van der Waals surface area contributed by atoms with Gasteiger partial charge in [-0.3, -0.25) is 4.99 Å². The molecule has 0 unspecified atom stereocenters. The van der Waals surface area contributed by atoms with Crippen molar-refractivity contribution < 1.29 is 10.2 Å². The van der Waals surface area contributed by atoms with Gasteiger partial charge in [0, 0.05) is 11.8 Å². The summed E-state index contributed by atoms with van der Waals surface area (Å²) in [6.07, 6.45) is 0. The van der Waals surface area contributed by atoms with Crippen molar-refractivity contribution in [1.29, 1.82) is 0 Å². The van der Waals surface area contributed by atoms with Crippen LogP contribution in [0.15, 0.2) is 27.4 Å². The molecule has 0 fully saturated rings. The van der Waals surface area contributed by atoms with Gasteiger partial charge in [-0.05, 0) is 18.6 Å². The molecule has 0 aliphatic carbocycles. The normalized spacial score (nSPS) is 15.7. The molecule has 84 valence electrons. The average Bonchev–Trinajstić information content (AvgIpc) is 2.68. The average molecular weight is 237 g/mol. The minimum Gasteiger partial charge on any atom is -0.508 e. The summed E-state index contributed by atoms with van der Waals surface area (Å²) in [4.78, 5) is 4.12. The summed E-state index contributed by atoms with van der Waals surface area (Å²) >= 11 is 1.54. The Morgan fingerprint density at radius 2 is 2.12 bits per heavy atom. The number of phenols is 2. The SMILES string of the molecule is Cc1cc(O)cc(O)c1N=NC1=NCCS1. The van der Waals surface area contributed by atoms with Crippen LogP contribution in [0.2, 0.25) is 0 Å². The number of amidine groups is 1. The van der Waals surface area contributed by atoms with Gasteiger partial charge < -0.3 is 10.2 Å². The van der Waals surface area contributed by atoms with Gasteiger partial charge >= 0.3 is 0 Å². The second-order valence-electron chi connectivity index (χ2n) is 3.34. The van der Waals surface area contributed by atoms with E-state index in [9.17, 15) is 10.2 Å². The van der Waals surface area contributed by atoms with Crippen molar-refractivity contribution in [3.8, 4) is 11.5 Å². The maximum absolute atomic E-state index is 9.59. The van der Waals surface area contributed by atoms with Gasteiger partial charge in [0.15, 0.2) is 0 Å². The third kappa shape index (κ3) is 2.33. The molecule has 5 nitrogen and oxygen atoms in total. The van der Waals surface area contributed by atoms with Gasteiger partial charge in [-0.15, -0.1) is 10.2 Å². The van der Waals surface area contributed by atoms with E-state index in [0.29, 0.717) is 16.4 Å². The van der Waals surface area contributed by atoms with E-state index in [2.05, 4.69) is 15.2 Å². The molecule has 6 heteroatoms. The number of aromatic hydroxyl groups is 2. The van der Waals surface area contributed by atoms with E-state index in [1.165, 1.54) is 23.9 Å². The largest absolute Gasteiger partial charge is 0.508 e. The third-order valence-electron chi connectivity index (χ3n) is 2.07. The lowest BCUT2D eigenvalue weighted by Crippen LogP contribution is -1.80. The second kappa shape index (κ2) is 4.52. The van der Waals surface area contributed by atoms with Crippen molar-refractivity contribution in [2.45, 2.75) is 6.92 Å². The monoisotopic (exact) mass is 237 g/mol. The van der Waals surface area contributed by atoms with Crippen LogP contribution in [0, 0.1) is 6.92 Å². The molecular formula is C10H11N3O2S. The molecule has 0 aromatic heterocycles. The van der Waals surface area contributed by atoms with Crippen LogP contribution in [-0.2, 0) is 0 Å². The summed E-state index contributed by atoms with van der Waals surface area (Å²) in [5, 5.41) is 27.3. The molecular weight excluding hydrogens is 226 g/mol. The van der Waals surface area contributed by atoms with Gasteiger partial charge in [0.2, 0.25) is 5.17 Å². The lowest BCUT2D eigenvalue weighted by Gasteiger charge is -2.02. The molecule has 0 saturated heterocycles. The molecule has 1 aromatic rings. The number of phenolic OH excluding ortho intramolecular Hbond substituents is 2. The number of aryl methyl sites for hydroxylation is 1. The number of aliphatic imine (C=N–C) groups is 1. The molecule has 2 rings (SSSR count). The zero-order valence-corrected chi connectivity index (χ0v) is 9.53. The lowest BCUT2D eigenvalue weighted by molar-refractivity contribution is 0.450. The van der Waals surface area contributed by atoms with Crippen molar-refractivity contribution in [3.63, 3.8) is 0 Å². The van der Waals surface area contributed by atoms with Gasteiger partial charge in [-0.25, -0.2) is 0 Å². The molecule has 0 bridgehead atoms. The molecule has 0 atom stereocenters. The van der Waals surface area contributed by atoms with Crippen LogP contribution in [0.1, 0.15) is 5.56 Å². The third-order valence-corrected chi connectivity index (χ3v) is 2.93. The topological polar surface area (TPSA) is 77.5 Å². The van der Waals surface area contributed by atoms with E-state index in [4.69, 9.17) is 0 Å². The smallest absolute Gasteiger partial charge is 0.204 e. The molecule has 0 spiro atoms. The van der Waals surface area contributed by atoms with Crippen molar-refractivity contribution >= 4 is 22.6 Å². The van der Waals surface area contributed by atoms with Crippen molar-refractivity contribution in [3.05, 3.63) is 17.7 Å². The van der Waals surface area contributed by atoms with Crippen LogP contribution < -0.4 is 0 Å². The first-order valence-corrected chi connectivity index (χ1v) is 5.77. The van der Waals surface area contributed by atoms with Crippen LogP contribution in [0.5, 0.6) is 11.5 Å². The highest BCUT2D eigenvalue weighted by molar-refractivity contribution is 8.14. The second-order valence-corrected chi connectivity index (χ2v) is 4.41. The number of benzene rings is 1. The Labute approximate surface area is 96.9 Å². The van der Waals surface area contributed by atoms with Crippen LogP contribution in [-0.4, -0.2) is 27.7 Å². The van der Waals surface area contributed by atoms with E-state index in [1.54, 1.807) is 6.92 Å². The van der Waals surface area contributed by atoms with E-state index in [1.807, 2.05) is 0 Å². The molecule has 1 aliphatic rings. The quantitative estimate of drug-likeness (QED) is 0.737. The maximum atomic E-state index is 9.59. The van der Waals surface area contributed by atoms with Crippen LogP contribution in [0.25, 0.3) is 0 Å². The Bertz CT molecular complexity index is 448. The Morgan fingerprint density at radius 1 is 1.31 bits per heavy atom. The molecule has 2 N–H and O–H groups in total. The summed E-state index contributed by atoms with van der Waals surface area (Å²) in [5.74, 6) is 0.862. The number of thioether (sulfide) groups is 1. The van der Waals surface area contributed by atoms with Crippen LogP contribution in [0.3, 0.4) is 0 Å². The van der Waals surface area contributed by atoms with Crippen molar-refractivity contribution in [2.24, 2.45) is 15.2 Å². The van der Waals surface area contributed by atoms with Gasteiger partial charge in [0.05, 0.1) is 6.54 Å². The minimum atomic E-state index is -0.0788. The summed E-state index contributed by atoms with van der Waals surface area (Å²) in [6.45, 7) is 2.51. The predicted molar refractivity (Wildman–Crippen MR) is 63.8 cm³/mol. The summed E-state index contributed by atoms with van der Waals surface area (Å²) in [5.41, 5.74) is 1.04. The molecule has 0 saturated carbocycles. The summed E-state index contributed by atoms with van der Waals surface area (Å²) in [7, 11) is 0. The number of azo groups is 1. The van der Waals surface area contributed by atoms with E-state index in [0.717, 1.165) is 12.3 Å². The summed E-state index contributed by atoms with van der Waals surface area (Å²) in [6, 6.07) is 2.77. The highest BCUT2D eigenvalue weighted by Gasteiger charge is 2.08. The molecule has 16 heavy (non-hydrogen) atoms. The Kier molecular flexibility index (Phi) is 3.09. The molecule has 1 heterocycles. The van der Waals surface area contributed by atoms with Gasteiger partial charge in [-0.1, -0.05) is 11.8 Å². The zero-order chi connectivity index (χ0) is 11.5. The first-order valence-electron chi connectivity index (χ1n) is 4.78. The highest BCUT2D eigenvalue weighted by Crippen LogP contribution is 2.34. The minimum absolute atomic E-state index is 0.0153. The highest BCUT2D eigenvalue weighted by atomic mass is 32.2. The number of hydrogen-bond acceptors (Lipinski definition) is 6.